The summed E-state index contributed by atoms with van der Waals surface area (Å²) in [5, 5.41) is 22.0. The number of aromatic amines is 1. The van der Waals surface area contributed by atoms with E-state index in [1.807, 2.05) is 6.33 Å². The molecule has 2 fully saturated rings. The zero-order valence-electron chi connectivity index (χ0n) is 15.3. The SMILES string of the molecule is CCn1cnnc1C1CCCNC1.Cl.Cl.c1n[nH]nc1N1CCCCC1. The van der Waals surface area contributed by atoms with E-state index in [9.17, 15) is 0 Å². The Balaban J connectivity index is 0.000000244. The third-order valence-corrected chi connectivity index (χ3v) is 4.73. The van der Waals surface area contributed by atoms with Crippen molar-refractivity contribution in [3.8, 4) is 0 Å². The molecule has 0 aromatic carbocycles. The fourth-order valence-corrected chi connectivity index (χ4v) is 3.37. The number of rotatable bonds is 3. The minimum Gasteiger partial charge on any atom is -0.354 e. The molecule has 0 bridgehead atoms. The van der Waals surface area contributed by atoms with Crippen LogP contribution in [0.25, 0.3) is 0 Å². The van der Waals surface area contributed by atoms with Gasteiger partial charge in [0.2, 0.25) is 0 Å². The van der Waals surface area contributed by atoms with Crippen molar-refractivity contribution >= 4 is 30.6 Å². The van der Waals surface area contributed by atoms with Crippen molar-refractivity contribution in [2.24, 2.45) is 0 Å². The number of piperidine rings is 2. The van der Waals surface area contributed by atoms with Crippen molar-refractivity contribution in [2.75, 3.05) is 31.1 Å². The summed E-state index contributed by atoms with van der Waals surface area (Å²) in [7, 11) is 0. The highest BCUT2D eigenvalue weighted by Gasteiger charge is 2.19. The van der Waals surface area contributed by atoms with Crippen LogP contribution in [0.5, 0.6) is 0 Å². The molecule has 1 unspecified atom stereocenters. The van der Waals surface area contributed by atoms with Crippen molar-refractivity contribution in [1.82, 2.24) is 35.5 Å². The van der Waals surface area contributed by atoms with Crippen molar-refractivity contribution < 1.29 is 0 Å². The van der Waals surface area contributed by atoms with Crippen molar-refractivity contribution in [1.29, 1.82) is 0 Å². The topological polar surface area (TPSA) is 87.5 Å². The standard InChI is InChI=1S/C9H16N4.C7H12N4.2ClH/c1-2-13-7-11-12-9(13)8-4-3-5-10-6-8;1-2-4-11(5-3-1)7-6-8-10-9-7;;/h7-8,10H,2-6H2,1H3;6H,1-5H2,(H,8,9,10);2*1H. The summed E-state index contributed by atoms with van der Waals surface area (Å²) in [5.74, 6) is 2.70. The van der Waals surface area contributed by atoms with E-state index >= 15 is 0 Å². The lowest BCUT2D eigenvalue weighted by Gasteiger charge is -2.25. The van der Waals surface area contributed by atoms with E-state index < -0.39 is 0 Å². The summed E-state index contributed by atoms with van der Waals surface area (Å²) < 4.78 is 2.14. The first-order valence-electron chi connectivity index (χ1n) is 9.07. The van der Waals surface area contributed by atoms with Gasteiger partial charge in [-0.25, -0.2) is 0 Å². The summed E-state index contributed by atoms with van der Waals surface area (Å²) >= 11 is 0. The molecule has 0 saturated carbocycles. The molecule has 148 valence electrons. The Kier molecular flexibility index (Phi) is 10.5. The normalized spacial score (nSPS) is 19.6. The van der Waals surface area contributed by atoms with Crippen molar-refractivity contribution in [3.63, 3.8) is 0 Å². The molecule has 4 rings (SSSR count). The van der Waals surface area contributed by atoms with E-state index in [1.165, 1.54) is 32.1 Å². The van der Waals surface area contributed by atoms with E-state index in [4.69, 9.17) is 0 Å². The van der Waals surface area contributed by atoms with Gasteiger partial charge in [0.15, 0.2) is 5.82 Å². The van der Waals surface area contributed by atoms with Crippen LogP contribution in [0.3, 0.4) is 0 Å². The lowest BCUT2D eigenvalue weighted by Crippen LogP contribution is -2.30. The van der Waals surface area contributed by atoms with E-state index in [0.29, 0.717) is 5.92 Å². The maximum Gasteiger partial charge on any atom is 0.170 e. The van der Waals surface area contributed by atoms with Crippen molar-refractivity contribution in [2.45, 2.75) is 51.5 Å². The number of nitrogens with zero attached hydrogens (tertiary/aromatic N) is 6. The fraction of sp³-hybridized carbons (Fsp3) is 0.750. The molecule has 0 amide bonds. The molecule has 2 aliphatic heterocycles. The maximum absolute atomic E-state index is 4.18. The highest BCUT2D eigenvalue weighted by Crippen LogP contribution is 2.20. The van der Waals surface area contributed by atoms with E-state index in [1.54, 1.807) is 6.20 Å². The molecule has 4 heterocycles. The van der Waals surface area contributed by atoms with Gasteiger partial charge in [0.1, 0.15) is 12.2 Å². The number of hydrogen-bond acceptors (Lipinski definition) is 6. The molecule has 0 spiro atoms. The van der Waals surface area contributed by atoms with Crippen LogP contribution in [0.15, 0.2) is 12.5 Å². The summed E-state index contributed by atoms with van der Waals surface area (Å²) in [4.78, 5) is 2.27. The van der Waals surface area contributed by atoms with Crippen LogP contribution >= 0.6 is 24.8 Å². The van der Waals surface area contributed by atoms with E-state index in [2.05, 4.69) is 47.3 Å². The molecule has 8 nitrogen and oxygen atoms in total. The molecule has 2 saturated heterocycles. The second-order valence-electron chi connectivity index (χ2n) is 6.39. The molecule has 2 aliphatic rings. The van der Waals surface area contributed by atoms with Crippen LogP contribution in [0, 0.1) is 0 Å². The number of hydrogen-bond donors (Lipinski definition) is 2. The summed E-state index contributed by atoms with van der Waals surface area (Å²) in [6.07, 6.45) is 10.0. The lowest BCUT2D eigenvalue weighted by atomic mass is 9.99. The van der Waals surface area contributed by atoms with Crippen LogP contribution in [-0.2, 0) is 6.54 Å². The molecule has 2 N–H and O–H groups in total. The number of halogens is 2. The Morgan fingerprint density at radius 2 is 1.96 bits per heavy atom. The minimum atomic E-state index is 0. The van der Waals surface area contributed by atoms with Gasteiger partial charge in [0.05, 0.1) is 6.20 Å². The first-order valence-corrected chi connectivity index (χ1v) is 9.07. The first kappa shape index (κ1) is 22.7. The quantitative estimate of drug-likeness (QED) is 0.816. The Labute approximate surface area is 167 Å². The molecular weight excluding hydrogens is 375 g/mol. The molecule has 0 radical (unpaired) electrons. The number of nitrogens with one attached hydrogen (secondary N) is 2. The van der Waals surface area contributed by atoms with Gasteiger partial charge >= 0.3 is 0 Å². The number of aryl methyl sites for hydroxylation is 1. The number of H-pyrrole nitrogens is 1. The zero-order valence-corrected chi connectivity index (χ0v) is 16.9. The van der Waals surface area contributed by atoms with Gasteiger partial charge in [-0.05, 0) is 45.6 Å². The predicted molar refractivity (Wildman–Crippen MR) is 107 cm³/mol. The van der Waals surface area contributed by atoms with Crippen molar-refractivity contribution in [3.05, 3.63) is 18.3 Å². The third-order valence-electron chi connectivity index (χ3n) is 4.73. The predicted octanol–water partition coefficient (Wildman–Crippen LogP) is 2.40. The third kappa shape index (κ3) is 6.10. The van der Waals surface area contributed by atoms with Crippen LogP contribution in [0.4, 0.5) is 5.82 Å². The molecular formula is C16H30Cl2N8. The summed E-state index contributed by atoms with van der Waals surface area (Å²) in [5.41, 5.74) is 0. The Morgan fingerprint density at radius 3 is 2.58 bits per heavy atom. The van der Waals surface area contributed by atoms with Crippen LogP contribution < -0.4 is 10.2 Å². The van der Waals surface area contributed by atoms with Gasteiger partial charge in [-0.2, -0.15) is 10.3 Å². The molecule has 2 aromatic rings. The second-order valence-corrected chi connectivity index (χ2v) is 6.39. The first-order chi connectivity index (χ1) is 11.9. The van der Waals surface area contributed by atoms with Gasteiger partial charge in [0.25, 0.3) is 0 Å². The van der Waals surface area contributed by atoms with Crippen LogP contribution in [0.2, 0.25) is 0 Å². The minimum absolute atomic E-state index is 0. The summed E-state index contributed by atoms with van der Waals surface area (Å²) in [6.45, 7) is 7.57. The molecule has 2 aromatic heterocycles. The van der Waals surface area contributed by atoms with Gasteiger partial charge < -0.3 is 14.8 Å². The largest absolute Gasteiger partial charge is 0.354 e. The van der Waals surface area contributed by atoms with Gasteiger partial charge in [-0.15, -0.1) is 40.1 Å². The molecule has 10 heteroatoms. The average Bonchev–Trinajstić information content (AvgIpc) is 3.35. The summed E-state index contributed by atoms with van der Waals surface area (Å²) in [6, 6.07) is 0. The second kappa shape index (κ2) is 12.1. The van der Waals surface area contributed by atoms with Gasteiger partial charge in [0, 0.05) is 32.1 Å². The van der Waals surface area contributed by atoms with Gasteiger partial charge in [-0.1, -0.05) is 0 Å². The molecule has 1 atom stereocenters. The highest BCUT2D eigenvalue weighted by atomic mass is 35.5. The Bertz CT molecular complexity index is 577. The highest BCUT2D eigenvalue weighted by molar-refractivity contribution is 5.85. The van der Waals surface area contributed by atoms with Gasteiger partial charge in [-0.3, -0.25) is 0 Å². The number of aromatic nitrogens is 6. The van der Waals surface area contributed by atoms with E-state index in [-0.39, 0.29) is 24.8 Å². The smallest absolute Gasteiger partial charge is 0.170 e. The fourth-order valence-electron chi connectivity index (χ4n) is 3.37. The van der Waals surface area contributed by atoms with Crippen LogP contribution in [-0.4, -0.2) is 56.4 Å². The molecule has 26 heavy (non-hydrogen) atoms. The Hall–Kier alpha value is -1.38. The molecule has 0 aliphatic carbocycles. The average molecular weight is 405 g/mol. The number of anilines is 1. The maximum atomic E-state index is 4.18. The van der Waals surface area contributed by atoms with E-state index in [0.717, 1.165) is 44.4 Å². The monoisotopic (exact) mass is 404 g/mol. The zero-order chi connectivity index (χ0) is 16.6. The van der Waals surface area contributed by atoms with Crippen LogP contribution in [0.1, 0.15) is 50.8 Å². The Morgan fingerprint density at radius 1 is 1.15 bits per heavy atom. The lowest BCUT2D eigenvalue weighted by molar-refractivity contribution is 0.433.